The highest BCUT2D eigenvalue weighted by Gasteiger charge is 2.16. The van der Waals surface area contributed by atoms with Crippen molar-refractivity contribution >= 4 is 17.3 Å². The van der Waals surface area contributed by atoms with Crippen LogP contribution in [0.3, 0.4) is 0 Å². The van der Waals surface area contributed by atoms with Crippen LogP contribution in [-0.4, -0.2) is 19.5 Å². The van der Waals surface area contributed by atoms with Crippen molar-refractivity contribution in [2.45, 2.75) is 0 Å². The topological polar surface area (TPSA) is 32.3 Å². The van der Waals surface area contributed by atoms with Crippen LogP contribution in [0.25, 0.3) is 0 Å². The highest BCUT2D eigenvalue weighted by atomic mass is 19.2. The van der Waals surface area contributed by atoms with E-state index in [2.05, 4.69) is 5.32 Å². The third kappa shape index (κ3) is 3.53. The van der Waals surface area contributed by atoms with Crippen LogP contribution in [0.2, 0.25) is 0 Å². The van der Waals surface area contributed by atoms with E-state index >= 15 is 0 Å². The monoisotopic (exact) mass is 294 g/mol. The molecular formula is C15H13F3N2O. The van der Waals surface area contributed by atoms with Crippen molar-refractivity contribution in [2.24, 2.45) is 0 Å². The number of likely N-dealkylation sites (N-methyl/N-ethyl adjacent to an activating group) is 1. The summed E-state index contributed by atoms with van der Waals surface area (Å²) in [7, 11) is 1.69. The molecule has 0 aromatic heterocycles. The smallest absolute Gasteiger partial charge is 0.243 e. The summed E-state index contributed by atoms with van der Waals surface area (Å²) < 4.78 is 39.3. The number of halogens is 3. The van der Waals surface area contributed by atoms with Gasteiger partial charge in [-0.05, 0) is 24.3 Å². The van der Waals surface area contributed by atoms with Crippen molar-refractivity contribution in [3.8, 4) is 0 Å². The minimum atomic E-state index is -1.61. The Bertz CT molecular complexity index is 647. The Balaban J connectivity index is 2.04. The second-order valence-corrected chi connectivity index (χ2v) is 4.46. The summed E-state index contributed by atoms with van der Waals surface area (Å²) in [5, 5.41) is 2.22. The molecule has 3 nitrogen and oxygen atoms in total. The van der Waals surface area contributed by atoms with Gasteiger partial charge in [0.2, 0.25) is 5.91 Å². The molecule has 2 rings (SSSR count). The van der Waals surface area contributed by atoms with Crippen LogP contribution < -0.4 is 10.2 Å². The Hall–Kier alpha value is -2.50. The molecule has 0 atom stereocenters. The lowest BCUT2D eigenvalue weighted by Gasteiger charge is -2.18. The van der Waals surface area contributed by atoms with E-state index in [-0.39, 0.29) is 12.2 Å². The van der Waals surface area contributed by atoms with Gasteiger partial charge in [0.1, 0.15) is 0 Å². The van der Waals surface area contributed by atoms with Crippen molar-refractivity contribution in [1.82, 2.24) is 0 Å². The highest BCUT2D eigenvalue weighted by molar-refractivity contribution is 5.94. The largest absolute Gasteiger partial charge is 0.365 e. The summed E-state index contributed by atoms with van der Waals surface area (Å²) in [4.78, 5) is 13.5. The quantitative estimate of drug-likeness (QED) is 0.878. The van der Waals surface area contributed by atoms with Gasteiger partial charge in [-0.3, -0.25) is 4.79 Å². The number of para-hydroxylation sites is 1. The molecule has 110 valence electrons. The first-order valence-electron chi connectivity index (χ1n) is 6.18. The van der Waals surface area contributed by atoms with E-state index in [0.717, 1.165) is 17.8 Å². The number of hydrogen-bond donors (Lipinski definition) is 1. The van der Waals surface area contributed by atoms with Crippen molar-refractivity contribution < 1.29 is 18.0 Å². The summed E-state index contributed by atoms with van der Waals surface area (Å²) in [6, 6.07) is 10.8. The fourth-order valence-electron chi connectivity index (χ4n) is 1.80. The van der Waals surface area contributed by atoms with E-state index in [1.807, 2.05) is 30.3 Å². The van der Waals surface area contributed by atoms with Crippen LogP contribution in [0, 0.1) is 17.5 Å². The molecule has 0 saturated heterocycles. The first kappa shape index (κ1) is 14.9. The molecule has 0 saturated carbocycles. The lowest BCUT2D eigenvalue weighted by molar-refractivity contribution is -0.114. The van der Waals surface area contributed by atoms with Gasteiger partial charge >= 0.3 is 0 Å². The second kappa shape index (κ2) is 6.30. The van der Waals surface area contributed by atoms with Crippen molar-refractivity contribution in [3.63, 3.8) is 0 Å². The van der Waals surface area contributed by atoms with Gasteiger partial charge in [-0.2, -0.15) is 0 Å². The molecule has 0 aliphatic rings. The van der Waals surface area contributed by atoms with E-state index in [0.29, 0.717) is 0 Å². The summed E-state index contributed by atoms with van der Waals surface area (Å²) in [5.41, 5.74) is 0.416. The molecule has 0 spiro atoms. The third-order valence-electron chi connectivity index (χ3n) is 2.89. The summed E-state index contributed by atoms with van der Waals surface area (Å²) in [5.74, 6) is -4.85. The van der Waals surface area contributed by atoms with E-state index < -0.39 is 23.4 Å². The van der Waals surface area contributed by atoms with Gasteiger partial charge in [0, 0.05) is 12.7 Å². The maximum absolute atomic E-state index is 13.4. The van der Waals surface area contributed by atoms with Crippen LogP contribution >= 0.6 is 0 Å². The first-order valence-corrected chi connectivity index (χ1v) is 6.18. The summed E-state index contributed by atoms with van der Waals surface area (Å²) in [6.45, 7) is -0.0531. The van der Waals surface area contributed by atoms with Crippen LogP contribution in [0.5, 0.6) is 0 Å². The minimum absolute atomic E-state index is 0.0531. The Morgan fingerprint density at radius 1 is 1.05 bits per heavy atom. The molecule has 0 bridgehead atoms. The zero-order valence-electron chi connectivity index (χ0n) is 11.2. The highest BCUT2D eigenvalue weighted by Crippen LogP contribution is 2.19. The molecule has 0 radical (unpaired) electrons. The average molecular weight is 294 g/mol. The maximum atomic E-state index is 13.4. The van der Waals surface area contributed by atoms with E-state index in [4.69, 9.17) is 0 Å². The summed E-state index contributed by atoms with van der Waals surface area (Å²) in [6.07, 6.45) is 0. The number of carbonyl (C=O) groups is 1. The van der Waals surface area contributed by atoms with Crippen LogP contribution in [0.15, 0.2) is 42.5 Å². The molecule has 1 N–H and O–H groups in total. The Kier molecular flexibility index (Phi) is 4.47. The predicted octanol–water partition coefficient (Wildman–Crippen LogP) is 3.18. The summed E-state index contributed by atoms with van der Waals surface area (Å²) >= 11 is 0. The molecule has 1 amide bonds. The van der Waals surface area contributed by atoms with Crippen LogP contribution in [-0.2, 0) is 4.79 Å². The van der Waals surface area contributed by atoms with Gasteiger partial charge < -0.3 is 10.2 Å². The maximum Gasteiger partial charge on any atom is 0.243 e. The zero-order chi connectivity index (χ0) is 15.4. The Morgan fingerprint density at radius 2 is 1.71 bits per heavy atom. The molecule has 2 aromatic rings. The van der Waals surface area contributed by atoms with E-state index in [1.165, 1.54) is 0 Å². The fourth-order valence-corrected chi connectivity index (χ4v) is 1.80. The average Bonchev–Trinajstić information content (AvgIpc) is 2.49. The number of nitrogens with zero attached hydrogens (tertiary/aromatic N) is 1. The van der Waals surface area contributed by atoms with Crippen LogP contribution in [0.4, 0.5) is 24.5 Å². The SMILES string of the molecule is CN(CC(=O)Nc1ccc(F)c(F)c1F)c1ccccc1. The number of hydrogen-bond acceptors (Lipinski definition) is 2. The molecule has 0 heterocycles. The molecular weight excluding hydrogens is 281 g/mol. The van der Waals surface area contributed by atoms with Crippen molar-refractivity contribution in [2.75, 3.05) is 23.8 Å². The van der Waals surface area contributed by atoms with Gasteiger partial charge in [-0.15, -0.1) is 0 Å². The molecule has 2 aromatic carbocycles. The molecule has 0 aliphatic heterocycles. The lowest BCUT2D eigenvalue weighted by Crippen LogP contribution is -2.30. The molecule has 0 unspecified atom stereocenters. The van der Waals surface area contributed by atoms with Crippen LogP contribution in [0.1, 0.15) is 0 Å². The van der Waals surface area contributed by atoms with Gasteiger partial charge in [-0.1, -0.05) is 18.2 Å². The number of carbonyl (C=O) groups excluding carboxylic acids is 1. The number of nitrogens with one attached hydrogen (secondary N) is 1. The lowest BCUT2D eigenvalue weighted by atomic mass is 10.2. The molecule has 6 heteroatoms. The number of rotatable bonds is 4. The standard InChI is InChI=1S/C15H13F3N2O/c1-20(10-5-3-2-4-6-10)9-13(21)19-12-8-7-11(16)14(17)15(12)18/h2-8H,9H2,1H3,(H,19,21). The third-order valence-corrected chi connectivity index (χ3v) is 2.89. The Labute approximate surface area is 120 Å². The molecule has 0 fully saturated rings. The molecule has 0 aliphatic carbocycles. The number of anilines is 2. The van der Waals surface area contributed by atoms with E-state index in [1.54, 1.807) is 11.9 Å². The van der Waals surface area contributed by atoms with Gasteiger partial charge in [0.25, 0.3) is 0 Å². The fraction of sp³-hybridized carbons (Fsp3) is 0.133. The van der Waals surface area contributed by atoms with Gasteiger partial charge in [0.05, 0.1) is 12.2 Å². The predicted molar refractivity (Wildman–Crippen MR) is 74.7 cm³/mol. The minimum Gasteiger partial charge on any atom is -0.365 e. The number of benzene rings is 2. The van der Waals surface area contributed by atoms with Crippen molar-refractivity contribution in [3.05, 3.63) is 59.9 Å². The molecule has 21 heavy (non-hydrogen) atoms. The normalized spacial score (nSPS) is 10.3. The Morgan fingerprint density at radius 3 is 2.38 bits per heavy atom. The van der Waals surface area contributed by atoms with Gasteiger partial charge in [-0.25, -0.2) is 13.2 Å². The van der Waals surface area contributed by atoms with Gasteiger partial charge in [0.15, 0.2) is 17.5 Å². The van der Waals surface area contributed by atoms with E-state index in [9.17, 15) is 18.0 Å². The first-order chi connectivity index (χ1) is 9.99. The second-order valence-electron chi connectivity index (χ2n) is 4.46. The van der Waals surface area contributed by atoms with Crippen molar-refractivity contribution in [1.29, 1.82) is 0 Å². The zero-order valence-corrected chi connectivity index (χ0v) is 11.2. The number of amides is 1.